The van der Waals surface area contributed by atoms with Gasteiger partial charge < -0.3 is 112 Å². The van der Waals surface area contributed by atoms with E-state index in [4.69, 9.17) is 75.5 Å². The number of hydrogen-bond donors (Lipinski definition) is 11. The number of imidazole rings is 2. The highest BCUT2D eigenvalue weighted by Gasteiger charge is 2.54. The van der Waals surface area contributed by atoms with Crippen molar-refractivity contribution in [1.82, 2.24) is 48.6 Å². The highest BCUT2D eigenvalue weighted by molar-refractivity contribution is 7.61. The number of esters is 6. The van der Waals surface area contributed by atoms with Crippen molar-refractivity contribution in [2.24, 2.45) is 23.7 Å². The maximum Gasteiger partial charge on any atom is 0.483 e. The number of fused-ring (bicyclic) bond motifs is 2. The molecule has 0 saturated carbocycles. The van der Waals surface area contributed by atoms with Gasteiger partial charge in [-0.25, -0.2) is 42.9 Å². The van der Waals surface area contributed by atoms with Gasteiger partial charge in [-0.3, -0.25) is 65.6 Å². The minimum atomic E-state index is -5.65. The average molecular weight is 1670 g/mol. The Balaban J connectivity index is 0.000000264. The number of nitrogens with zero attached hydrogens (tertiary/aromatic N) is 8. The Hall–Kier alpha value is -6.40. The zero-order valence-corrected chi connectivity index (χ0v) is 66.0. The summed E-state index contributed by atoms with van der Waals surface area (Å²) in [7, 11) is -20.3. The van der Waals surface area contributed by atoms with E-state index in [1.165, 1.54) is 48.5 Å². The molecule has 0 spiro atoms. The molecule has 9 rings (SSSR count). The Morgan fingerprint density at radius 3 is 1.30 bits per heavy atom. The molecule has 628 valence electrons. The highest BCUT2D eigenvalue weighted by atomic mass is 31.3. The fraction of sp³-hybridized carbons (Fsp3) is 0.733. The van der Waals surface area contributed by atoms with Gasteiger partial charge >= 0.3 is 67.0 Å². The predicted octanol–water partition coefficient (Wildman–Crippen LogP) is -0.532. The van der Waals surface area contributed by atoms with Gasteiger partial charge in [-0.1, -0.05) is 48.5 Å². The number of phosphoric acid groups is 3. The summed E-state index contributed by atoms with van der Waals surface area (Å²) in [4.78, 5) is 165. The van der Waals surface area contributed by atoms with Crippen molar-refractivity contribution >= 4 is 89.4 Å². The molecule has 0 radical (unpaired) electrons. The van der Waals surface area contributed by atoms with Crippen LogP contribution < -0.4 is 11.1 Å². The quantitative estimate of drug-likeness (QED) is 0.0193. The topological polar surface area (TPSA) is 634 Å². The number of rotatable bonds is 28. The third kappa shape index (κ3) is 26.3. The number of carbonyl (C=O) groups excluding carboxylic acids is 6. The number of phosphoric ester groups is 3. The zero-order valence-electron chi connectivity index (χ0n) is 62.5. The Morgan fingerprint density at radius 1 is 0.541 bits per heavy atom. The van der Waals surface area contributed by atoms with E-state index < -0.39 is 220 Å². The van der Waals surface area contributed by atoms with Gasteiger partial charge in [-0.2, -0.15) is 4.31 Å². The van der Waals surface area contributed by atoms with Gasteiger partial charge in [-0.15, -0.1) is 0 Å². The van der Waals surface area contributed by atoms with Crippen LogP contribution in [-0.4, -0.2) is 288 Å². The molecule has 111 heavy (non-hydrogen) atoms. The van der Waals surface area contributed by atoms with Crippen molar-refractivity contribution in [2.75, 3.05) is 72.4 Å². The molecule has 11 N–H and O–H groups in total. The van der Waals surface area contributed by atoms with Crippen LogP contribution in [0.25, 0.3) is 22.3 Å². The Labute approximate surface area is 632 Å². The fourth-order valence-electron chi connectivity index (χ4n) is 12.0. The van der Waals surface area contributed by atoms with Crippen LogP contribution in [0.15, 0.2) is 34.9 Å². The van der Waals surface area contributed by atoms with Crippen LogP contribution in [0, 0.1) is 23.7 Å². The van der Waals surface area contributed by atoms with Crippen molar-refractivity contribution < 1.29 is 166 Å². The largest absolute Gasteiger partial charge is 0.483 e. The van der Waals surface area contributed by atoms with Crippen LogP contribution in [0.4, 0.5) is 0 Å². The number of aliphatic hydroxyl groups is 4. The number of H-pyrrole nitrogens is 2. The lowest BCUT2D eigenvalue weighted by molar-refractivity contribution is -0.271. The summed E-state index contributed by atoms with van der Waals surface area (Å²) >= 11 is 0. The molecule has 9 unspecified atom stereocenters. The third-order valence-corrected chi connectivity index (χ3v) is 22.5. The van der Waals surface area contributed by atoms with E-state index in [0.29, 0.717) is 13.2 Å². The number of carbonyl (C=O) groups is 6. The van der Waals surface area contributed by atoms with E-state index in [9.17, 15) is 91.7 Å². The van der Waals surface area contributed by atoms with Crippen LogP contribution in [0.5, 0.6) is 0 Å². The molecule has 23 atom stereocenters. The van der Waals surface area contributed by atoms with Crippen molar-refractivity contribution in [2.45, 2.75) is 188 Å². The lowest BCUT2D eigenvalue weighted by Crippen LogP contribution is -2.56. The Kier molecular flexibility index (Phi) is 34.7. The van der Waals surface area contributed by atoms with E-state index in [0.717, 1.165) is 51.8 Å². The van der Waals surface area contributed by atoms with E-state index in [1.807, 2.05) is 0 Å². The maximum absolute atomic E-state index is 13.0. The third-order valence-electron chi connectivity index (χ3n) is 17.9. The molecular weight excluding hydrogens is 1580 g/mol. The molecule has 4 aromatic heterocycles. The molecule has 5 aliphatic heterocycles. The molecular formula is C60H96N10O37P4. The zero-order chi connectivity index (χ0) is 82.9. The second kappa shape index (κ2) is 41.2. The number of aromatic amines is 2. The van der Waals surface area contributed by atoms with Crippen LogP contribution >= 0.6 is 31.2 Å². The van der Waals surface area contributed by atoms with E-state index >= 15 is 0 Å². The van der Waals surface area contributed by atoms with Crippen molar-refractivity contribution in [3.05, 3.63) is 46.0 Å². The summed E-state index contributed by atoms with van der Waals surface area (Å²) in [5.74, 6) is -6.54. The fourth-order valence-corrected chi connectivity index (χ4v) is 15.7. The molecule has 5 aliphatic rings. The molecule has 5 saturated heterocycles. The van der Waals surface area contributed by atoms with Crippen LogP contribution in [-0.2, 0) is 122 Å². The first kappa shape index (κ1) is 93.5. The van der Waals surface area contributed by atoms with Crippen LogP contribution in [0.2, 0.25) is 0 Å². The Bertz CT molecular complexity index is 4090. The molecule has 0 aromatic carbocycles. The van der Waals surface area contributed by atoms with Gasteiger partial charge in [-0.05, 0) is 31.5 Å². The van der Waals surface area contributed by atoms with Crippen LogP contribution in [0.3, 0.4) is 0 Å². The summed E-state index contributed by atoms with van der Waals surface area (Å²) < 4.78 is 135. The number of ether oxygens (including phenoxy) is 11. The first-order valence-electron chi connectivity index (χ1n) is 34.4. The normalized spacial score (nSPS) is 29.7. The summed E-state index contributed by atoms with van der Waals surface area (Å²) in [5.41, 5.74) is -0.927. The minimum absolute atomic E-state index is 0.00964. The van der Waals surface area contributed by atoms with Gasteiger partial charge in [0.2, 0.25) is 12.6 Å². The lowest BCUT2D eigenvalue weighted by atomic mass is 9.81. The van der Waals surface area contributed by atoms with Crippen molar-refractivity contribution in [1.29, 1.82) is 0 Å². The molecule has 0 bridgehead atoms. The summed E-state index contributed by atoms with van der Waals surface area (Å²) in [6.45, 7) is 22.3. The van der Waals surface area contributed by atoms with Crippen molar-refractivity contribution in [3.8, 4) is 0 Å². The average Bonchev–Trinajstić information content (AvgIpc) is 1.70. The number of aliphatic hydroxyl groups excluding tert-OH is 4. The van der Waals surface area contributed by atoms with Crippen molar-refractivity contribution in [3.63, 3.8) is 0 Å². The first-order valence-corrected chi connectivity index (χ1v) is 40.5. The van der Waals surface area contributed by atoms with E-state index in [1.54, 1.807) is 27.7 Å². The van der Waals surface area contributed by atoms with Crippen LogP contribution in [0.1, 0.15) is 102 Å². The molecule has 51 heteroatoms. The monoisotopic (exact) mass is 1670 g/mol. The highest BCUT2D eigenvalue weighted by Crippen LogP contribution is 2.62. The Morgan fingerprint density at radius 2 is 0.937 bits per heavy atom. The second-order valence-corrected chi connectivity index (χ2v) is 31.6. The number of hydrogen-bond acceptors (Lipinski definition) is 37. The lowest BCUT2D eigenvalue weighted by Gasteiger charge is -2.45. The van der Waals surface area contributed by atoms with E-state index in [2.05, 4.69) is 64.4 Å². The number of morpholine rings is 1. The van der Waals surface area contributed by atoms with E-state index in [-0.39, 0.29) is 42.0 Å². The standard InChI is InChI=1S/C25H36N4O18P2.C15H25O11P.C14H20N5O8P.C6H15N/c1-10-11(2)21(43-14(5)32)25(45-20(10)16(42-13(4)31)6-40-12(3)30)46-49(38,39)47-48(36,37)41-7-15-18(33)19(34)24(44-15)29-9-28-17-22(29)26-8-27-23(17)35;1-7-8(2)14(24-11(5)18)15(26-27(19,20)21)25-13(7)12(23-10(4)17)6-22-9(3)16;20-10-8(5-26-28(23,24)18-1-3-25-4-2-18)27-14(11(10)21)19-7-17-9-12(19)15-6-16-13(9)22;1-4-7(5-2)6-3/h8-11,15-16,18-21,24-25,33-34H,6-7H2,1-5H3,(H,36,37)(H,38,39)(H,26,27,35);7-8,12-15H,6H2,1-5H3,(H2,19,20,21);6-8,10-11,14,20-21H,1-5H2,(H,23,24)(H,15,16,22);4-6H2,1-3H3/t10-,11-,15+,16+,18-,19?,20?,21?,24+,25-;7-,8-,12+,13?,14?,15-;8-,10+,11?,14-;/m001./s1. The number of aromatic nitrogens is 8. The summed E-state index contributed by atoms with van der Waals surface area (Å²) in [6, 6.07) is 0. The molecule has 47 nitrogen and oxygen atoms in total. The SMILES string of the molecule is CC(=O)OC[C@@H](OC(C)=O)C1O[C@@H](OP(=O)(O)O)C(OC(C)=O)[C@@H](C)[C@@H]1C.CC(=O)OC[C@@H](OC(C)=O)C1O[C@@H](OP(=O)(O)OP(=O)(O)OC[C@H]2O[C@@H](n3cnc4c(=O)[nH]cnc43)C(O)[C@H]2O)C(OC(C)=O)[C@@H](C)[C@@H]1C.CCN(CC)CC.O=c1[nH]cnc2c1ncn2[C@@H]1O[C@H](COP(=O)(O)N2CCOCC2)[C@H](O)C1O. The molecule has 9 heterocycles. The number of nitrogens with one attached hydrogen (secondary N) is 2. The molecule has 4 aromatic rings. The van der Waals surface area contributed by atoms with Gasteiger partial charge in [0.05, 0.1) is 51.7 Å². The summed E-state index contributed by atoms with van der Waals surface area (Å²) in [5, 5.41) is 41.7. The second-order valence-electron chi connectivity index (χ2n) is 25.6. The van der Waals surface area contributed by atoms with Gasteiger partial charge in [0.25, 0.3) is 11.1 Å². The molecule has 0 amide bonds. The first-order chi connectivity index (χ1) is 51.8. The van der Waals surface area contributed by atoms with Gasteiger partial charge in [0.1, 0.15) is 62.0 Å². The van der Waals surface area contributed by atoms with Gasteiger partial charge in [0, 0.05) is 66.5 Å². The van der Waals surface area contributed by atoms with Gasteiger partial charge in [0.15, 0.2) is 59.2 Å². The summed E-state index contributed by atoms with van der Waals surface area (Å²) in [6.07, 6.45) is -17.1. The molecule has 0 aliphatic carbocycles. The molecule has 5 fully saturated rings. The minimum Gasteiger partial charge on any atom is -0.462 e. The maximum atomic E-state index is 13.0. The smallest absolute Gasteiger partial charge is 0.462 e. The predicted molar refractivity (Wildman–Crippen MR) is 370 cm³/mol.